The fraction of sp³-hybridized carbons (Fsp3) is 0.750. The van der Waals surface area contributed by atoms with E-state index in [0.29, 0.717) is 19.4 Å². The topological polar surface area (TPSA) is 113 Å². The molecule has 1 saturated heterocycles. The Morgan fingerprint density at radius 2 is 2.05 bits per heavy atom. The van der Waals surface area contributed by atoms with Crippen molar-refractivity contribution in [1.29, 1.82) is 0 Å². The third-order valence-electron chi connectivity index (χ3n) is 3.17. The average molecular weight is 271 g/mol. The summed E-state index contributed by atoms with van der Waals surface area (Å²) >= 11 is 0. The number of hydrogen-bond acceptors (Lipinski definition) is 3. The van der Waals surface area contributed by atoms with Crippen LogP contribution in [0.5, 0.6) is 0 Å². The number of urea groups is 1. The Labute approximate surface area is 112 Å². The number of rotatable bonds is 5. The molecule has 108 valence electrons. The number of carbonyl (C=O) groups is 3. The Morgan fingerprint density at radius 3 is 2.47 bits per heavy atom. The highest BCUT2D eigenvalue weighted by Crippen LogP contribution is 2.18. The van der Waals surface area contributed by atoms with Crippen LogP contribution >= 0.6 is 0 Å². The summed E-state index contributed by atoms with van der Waals surface area (Å²) in [5.41, 5.74) is 5.07. The van der Waals surface area contributed by atoms with Gasteiger partial charge in [-0.25, -0.2) is 4.79 Å². The lowest BCUT2D eigenvalue weighted by molar-refractivity contribution is -0.141. The molecule has 0 saturated carbocycles. The van der Waals surface area contributed by atoms with Gasteiger partial charge in [-0.05, 0) is 18.8 Å². The molecule has 0 bridgehead atoms. The van der Waals surface area contributed by atoms with Gasteiger partial charge in [0.2, 0.25) is 5.91 Å². The lowest BCUT2D eigenvalue weighted by Crippen LogP contribution is -2.50. The molecule has 19 heavy (non-hydrogen) atoms. The molecule has 7 nitrogen and oxygen atoms in total. The van der Waals surface area contributed by atoms with Crippen LogP contribution in [0.3, 0.4) is 0 Å². The summed E-state index contributed by atoms with van der Waals surface area (Å²) < 4.78 is 0. The van der Waals surface area contributed by atoms with Gasteiger partial charge in [0.25, 0.3) is 0 Å². The molecule has 0 aromatic rings. The number of carboxylic acid groups (broad SMARTS) is 1. The fourth-order valence-corrected chi connectivity index (χ4v) is 2.25. The van der Waals surface area contributed by atoms with Gasteiger partial charge in [-0.1, -0.05) is 13.8 Å². The molecule has 1 rings (SSSR count). The molecule has 7 heteroatoms. The van der Waals surface area contributed by atoms with Crippen molar-refractivity contribution >= 4 is 17.9 Å². The minimum Gasteiger partial charge on any atom is -0.481 e. The first-order valence-corrected chi connectivity index (χ1v) is 6.38. The number of primary amides is 1. The second-order valence-electron chi connectivity index (χ2n) is 5.30. The summed E-state index contributed by atoms with van der Waals surface area (Å²) in [4.78, 5) is 35.5. The largest absolute Gasteiger partial charge is 0.481 e. The highest BCUT2D eigenvalue weighted by atomic mass is 16.4. The zero-order valence-corrected chi connectivity index (χ0v) is 11.3. The van der Waals surface area contributed by atoms with E-state index in [-0.39, 0.29) is 18.4 Å². The van der Waals surface area contributed by atoms with Crippen LogP contribution in [0.15, 0.2) is 0 Å². The van der Waals surface area contributed by atoms with Crippen LogP contribution in [0, 0.1) is 11.8 Å². The summed E-state index contributed by atoms with van der Waals surface area (Å²) in [5.74, 6) is -1.44. The first-order chi connectivity index (χ1) is 8.81. The van der Waals surface area contributed by atoms with Crippen LogP contribution in [-0.2, 0) is 9.59 Å². The van der Waals surface area contributed by atoms with Crippen molar-refractivity contribution in [3.63, 3.8) is 0 Å². The molecular formula is C12H21N3O4. The molecule has 0 aliphatic carbocycles. The molecule has 0 aromatic heterocycles. The second-order valence-corrected chi connectivity index (χ2v) is 5.30. The van der Waals surface area contributed by atoms with E-state index in [9.17, 15) is 14.4 Å². The number of hydrogen-bond donors (Lipinski definition) is 3. The summed E-state index contributed by atoms with van der Waals surface area (Å²) in [6.45, 7) is 4.48. The number of aliphatic carboxylic acids is 1. The van der Waals surface area contributed by atoms with E-state index >= 15 is 0 Å². The molecule has 1 heterocycles. The minimum atomic E-state index is -0.890. The quantitative estimate of drug-likeness (QED) is 0.653. The van der Waals surface area contributed by atoms with Crippen molar-refractivity contribution < 1.29 is 19.5 Å². The van der Waals surface area contributed by atoms with Gasteiger partial charge in [0.15, 0.2) is 0 Å². The molecule has 4 N–H and O–H groups in total. The summed E-state index contributed by atoms with van der Waals surface area (Å²) in [6.07, 6.45) is 0.933. The number of amides is 3. The molecule has 1 aliphatic rings. The van der Waals surface area contributed by atoms with Gasteiger partial charge in [-0.2, -0.15) is 0 Å². The van der Waals surface area contributed by atoms with E-state index in [1.54, 1.807) is 0 Å². The zero-order chi connectivity index (χ0) is 14.6. The van der Waals surface area contributed by atoms with Gasteiger partial charge >= 0.3 is 12.0 Å². The lowest BCUT2D eigenvalue weighted by atomic mass is 10.0. The fourth-order valence-electron chi connectivity index (χ4n) is 2.25. The van der Waals surface area contributed by atoms with E-state index in [0.717, 1.165) is 0 Å². The molecule has 2 atom stereocenters. The Balaban J connectivity index is 2.66. The maximum atomic E-state index is 12.2. The van der Waals surface area contributed by atoms with E-state index in [1.807, 2.05) is 13.8 Å². The molecule has 0 spiro atoms. The maximum absolute atomic E-state index is 12.2. The van der Waals surface area contributed by atoms with Crippen molar-refractivity contribution in [3.05, 3.63) is 0 Å². The van der Waals surface area contributed by atoms with E-state index in [1.165, 1.54) is 4.90 Å². The van der Waals surface area contributed by atoms with Crippen LogP contribution in [0.25, 0.3) is 0 Å². The molecule has 1 fully saturated rings. The van der Waals surface area contributed by atoms with Gasteiger partial charge in [0, 0.05) is 13.1 Å². The van der Waals surface area contributed by atoms with E-state index in [2.05, 4.69) is 5.32 Å². The number of nitrogens with zero attached hydrogens (tertiary/aromatic N) is 1. The third-order valence-corrected chi connectivity index (χ3v) is 3.17. The first-order valence-electron chi connectivity index (χ1n) is 6.38. The number of nitrogens with two attached hydrogens (primary N) is 1. The Hall–Kier alpha value is -1.79. The average Bonchev–Trinajstić information content (AvgIpc) is 2.75. The van der Waals surface area contributed by atoms with Crippen molar-refractivity contribution in [2.45, 2.75) is 32.7 Å². The van der Waals surface area contributed by atoms with Crippen molar-refractivity contribution in [2.75, 3.05) is 13.1 Å². The first kappa shape index (κ1) is 15.3. The number of likely N-dealkylation sites (tertiary alicyclic amines) is 1. The summed E-state index contributed by atoms with van der Waals surface area (Å²) in [7, 11) is 0. The lowest BCUT2D eigenvalue weighted by Gasteiger charge is -2.24. The van der Waals surface area contributed by atoms with Gasteiger partial charge in [-0.3, -0.25) is 9.59 Å². The predicted octanol–water partition coefficient (Wildman–Crippen LogP) is 0.00250. The molecule has 3 amide bonds. The molecule has 2 unspecified atom stereocenters. The predicted molar refractivity (Wildman–Crippen MR) is 68.3 cm³/mol. The van der Waals surface area contributed by atoms with Gasteiger partial charge in [-0.15, -0.1) is 0 Å². The summed E-state index contributed by atoms with van der Waals surface area (Å²) in [5, 5.41) is 11.3. The van der Waals surface area contributed by atoms with Gasteiger partial charge < -0.3 is 21.1 Å². The highest BCUT2D eigenvalue weighted by molar-refractivity contribution is 5.87. The normalized spacial score (nSPS) is 20.4. The molecular weight excluding hydrogens is 250 g/mol. The van der Waals surface area contributed by atoms with E-state index < -0.39 is 24.0 Å². The molecule has 0 aromatic carbocycles. The Kier molecular flexibility index (Phi) is 5.14. The number of carboxylic acids is 1. The van der Waals surface area contributed by atoms with Crippen molar-refractivity contribution in [2.24, 2.45) is 17.6 Å². The van der Waals surface area contributed by atoms with E-state index in [4.69, 9.17) is 10.8 Å². The van der Waals surface area contributed by atoms with Crippen LogP contribution in [0.1, 0.15) is 26.7 Å². The van der Waals surface area contributed by atoms with Crippen LogP contribution in [0.2, 0.25) is 0 Å². The maximum Gasteiger partial charge on any atom is 0.312 e. The second kappa shape index (κ2) is 6.40. The number of carbonyl (C=O) groups excluding carboxylic acids is 2. The van der Waals surface area contributed by atoms with Crippen LogP contribution in [0.4, 0.5) is 4.79 Å². The van der Waals surface area contributed by atoms with Crippen molar-refractivity contribution in [3.8, 4) is 0 Å². The summed E-state index contributed by atoms with van der Waals surface area (Å²) in [6, 6.07) is -1.42. The highest BCUT2D eigenvalue weighted by Gasteiger charge is 2.34. The van der Waals surface area contributed by atoms with Crippen LogP contribution < -0.4 is 11.1 Å². The number of nitrogens with one attached hydrogen (secondary N) is 1. The zero-order valence-electron chi connectivity index (χ0n) is 11.3. The van der Waals surface area contributed by atoms with Gasteiger partial charge in [0.1, 0.15) is 6.04 Å². The Bertz CT molecular complexity index is 370. The van der Waals surface area contributed by atoms with Crippen LogP contribution in [-0.4, -0.2) is 47.0 Å². The monoisotopic (exact) mass is 271 g/mol. The third kappa shape index (κ3) is 4.42. The minimum absolute atomic E-state index is 0.198. The molecule has 0 radical (unpaired) electrons. The smallest absolute Gasteiger partial charge is 0.312 e. The molecule has 1 aliphatic heterocycles. The SMILES string of the molecule is CC(C)CC(NC(N)=O)C(=O)N1CCC(C(=O)O)C1. The Morgan fingerprint density at radius 1 is 1.42 bits per heavy atom. The van der Waals surface area contributed by atoms with Gasteiger partial charge in [0.05, 0.1) is 5.92 Å². The van der Waals surface area contributed by atoms with Crippen molar-refractivity contribution in [1.82, 2.24) is 10.2 Å². The standard InChI is InChI=1S/C12H21N3O4/c1-7(2)5-9(14-12(13)19)10(16)15-4-3-8(6-15)11(17)18/h7-9H,3-6H2,1-2H3,(H,17,18)(H3,13,14,19).